The van der Waals surface area contributed by atoms with E-state index in [1.807, 2.05) is 13.1 Å². The third-order valence-electron chi connectivity index (χ3n) is 6.08. The zero-order chi connectivity index (χ0) is 21.6. The minimum Gasteiger partial charge on any atom is -0.373 e. The summed E-state index contributed by atoms with van der Waals surface area (Å²) >= 11 is 0. The summed E-state index contributed by atoms with van der Waals surface area (Å²) in [5.74, 6) is 2.29. The number of nitrogens with one attached hydrogen (secondary N) is 2. The molecule has 4 rings (SSSR count). The number of guanidine groups is 1. The van der Waals surface area contributed by atoms with Crippen LogP contribution in [-0.4, -0.2) is 42.3 Å². The predicted molar refractivity (Wildman–Crippen MR) is 142 cm³/mol. The van der Waals surface area contributed by atoms with Crippen molar-refractivity contribution in [3.05, 3.63) is 65.5 Å². The Labute approximate surface area is 207 Å². The van der Waals surface area contributed by atoms with Crippen LogP contribution in [0.1, 0.15) is 35.9 Å². The van der Waals surface area contributed by atoms with E-state index in [-0.39, 0.29) is 30.1 Å². The van der Waals surface area contributed by atoms with Gasteiger partial charge in [-0.1, -0.05) is 42.0 Å². The molecule has 1 saturated heterocycles. The van der Waals surface area contributed by atoms with Crippen LogP contribution in [0.15, 0.2) is 53.5 Å². The van der Waals surface area contributed by atoms with E-state index in [4.69, 9.17) is 4.74 Å². The lowest BCUT2D eigenvalue weighted by Gasteiger charge is -2.32. The number of hydrogen-bond acceptors (Lipinski definition) is 3. The maximum atomic E-state index is 6.16. The van der Waals surface area contributed by atoms with Gasteiger partial charge in [-0.25, -0.2) is 4.98 Å². The van der Waals surface area contributed by atoms with Crippen molar-refractivity contribution in [3.8, 4) is 0 Å². The number of rotatable bonds is 6. The van der Waals surface area contributed by atoms with Crippen LogP contribution in [0, 0.1) is 19.8 Å². The first-order valence-electron chi connectivity index (χ1n) is 11.2. The Morgan fingerprint density at radius 3 is 2.69 bits per heavy atom. The summed E-state index contributed by atoms with van der Waals surface area (Å²) in [6.07, 6.45) is 2.40. The quantitative estimate of drug-likeness (QED) is 0.269. The highest BCUT2D eigenvalue weighted by atomic mass is 127. The van der Waals surface area contributed by atoms with Crippen LogP contribution >= 0.6 is 24.0 Å². The number of para-hydroxylation sites is 2. The zero-order valence-electron chi connectivity index (χ0n) is 19.2. The highest BCUT2D eigenvalue weighted by Crippen LogP contribution is 2.33. The molecule has 1 fully saturated rings. The summed E-state index contributed by atoms with van der Waals surface area (Å²) in [4.78, 5) is 9.06. The molecule has 6 nitrogen and oxygen atoms in total. The zero-order valence-corrected chi connectivity index (χ0v) is 21.5. The predicted octanol–water partition coefficient (Wildman–Crippen LogP) is 4.60. The maximum Gasteiger partial charge on any atom is 0.191 e. The molecule has 2 N–H and O–H groups in total. The van der Waals surface area contributed by atoms with Gasteiger partial charge in [-0.2, -0.15) is 0 Å². The molecule has 1 aliphatic rings. The number of benzene rings is 2. The van der Waals surface area contributed by atoms with Gasteiger partial charge in [0.15, 0.2) is 5.96 Å². The van der Waals surface area contributed by atoms with Gasteiger partial charge in [0, 0.05) is 39.2 Å². The molecule has 2 atom stereocenters. The highest BCUT2D eigenvalue weighted by Gasteiger charge is 2.27. The van der Waals surface area contributed by atoms with Gasteiger partial charge in [-0.3, -0.25) is 4.99 Å². The van der Waals surface area contributed by atoms with Crippen molar-refractivity contribution in [3.63, 3.8) is 0 Å². The first kappa shape index (κ1) is 24.5. The van der Waals surface area contributed by atoms with Crippen LogP contribution < -0.4 is 10.6 Å². The molecule has 3 aromatic rings. The second kappa shape index (κ2) is 11.7. The molecule has 2 unspecified atom stereocenters. The number of nitrogens with zero attached hydrogens (tertiary/aromatic N) is 3. The largest absolute Gasteiger partial charge is 0.373 e. The topological polar surface area (TPSA) is 63.5 Å². The van der Waals surface area contributed by atoms with Gasteiger partial charge in [0.1, 0.15) is 5.82 Å². The van der Waals surface area contributed by atoms with E-state index in [1.165, 1.54) is 16.6 Å². The molecule has 172 valence electrons. The fraction of sp³-hybridized carbons (Fsp3) is 0.440. The van der Waals surface area contributed by atoms with E-state index in [0.29, 0.717) is 5.92 Å². The van der Waals surface area contributed by atoms with Crippen LogP contribution in [0.5, 0.6) is 0 Å². The van der Waals surface area contributed by atoms with Crippen molar-refractivity contribution >= 4 is 41.0 Å². The first-order valence-corrected chi connectivity index (χ1v) is 11.2. The average Bonchev–Trinajstić information content (AvgIpc) is 3.12. The normalized spacial score (nSPS) is 18.9. The molecule has 0 spiro atoms. The van der Waals surface area contributed by atoms with Gasteiger partial charge in [-0.05, 0) is 44.4 Å². The summed E-state index contributed by atoms with van der Waals surface area (Å²) in [5, 5.41) is 6.97. The number of aliphatic imine (C=N–C) groups is 1. The molecule has 1 aromatic heterocycles. The van der Waals surface area contributed by atoms with Gasteiger partial charge in [0.25, 0.3) is 0 Å². The van der Waals surface area contributed by atoms with Crippen LogP contribution in [-0.2, 0) is 11.3 Å². The lowest BCUT2D eigenvalue weighted by Crippen LogP contribution is -2.42. The Morgan fingerprint density at radius 1 is 1.12 bits per heavy atom. The number of aryl methyl sites for hydroxylation is 2. The molecule has 32 heavy (non-hydrogen) atoms. The van der Waals surface area contributed by atoms with Crippen LogP contribution in [0.25, 0.3) is 11.0 Å². The Bertz CT molecular complexity index is 1030. The van der Waals surface area contributed by atoms with E-state index >= 15 is 0 Å². The van der Waals surface area contributed by atoms with E-state index in [2.05, 4.69) is 81.5 Å². The van der Waals surface area contributed by atoms with Crippen molar-refractivity contribution in [2.45, 2.75) is 39.3 Å². The van der Waals surface area contributed by atoms with Crippen LogP contribution in [0.4, 0.5) is 0 Å². The van der Waals surface area contributed by atoms with E-state index in [0.717, 1.165) is 56.4 Å². The van der Waals surface area contributed by atoms with Crippen molar-refractivity contribution in [2.75, 3.05) is 26.7 Å². The lowest BCUT2D eigenvalue weighted by atomic mass is 9.89. The Balaban J connectivity index is 0.00000289. The second-order valence-electron chi connectivity index (χ2n) is 8.28. The second-order valence-corrected chi connectivity index (χ2v) is 8.28. The van der Waals surface area contributed by atoms with Crippen molar-refractivity contribution in [1.82, 2.24) is 20.2 Å². The standard InChI is InChI=1S/C25H33N5O.HI/c1-18-10-12-20(13-11-18)24-21(7-6-16-31-24)17-28-25(26-3)27-14-15-30-19(2)29-22-8-4-5-9-23(22)30;/h4-5,8-13,21,24H,6-7,14-17H2,1-3H3,(H2,26,27,28);1H. The summed E-state index contributed by atoms with van der Waals surface area (Å²) < 4.78 is 8.40. The third-order valence-corrected chi connectivity index (χ3v) is 6.08. The molecule has 0 bridgehead atoms. The number of hydrogen-bond donors (Lipinski definition) is 2. The van der Waals surface area contributed by atoms with E-state index < -0.39 is 0 Å². The fourth-order valence-corrected chi connectivity index (χ4v) is 4.39. The Morgan fingerprint density at radius 2 is 1.91 bits per heavy atom. The molecule has 0 radical (unpaired) electrons. The molecule has 7 heteroatoms. The minimum absolute atomic E-state index is 0. The van der Waals surface area contributed by atoms with Gasteiger partial charge in [0.05, 0.1) is 17.1 Å². The van der Waals surface area contributed by atoms with Crippen molar-refractivity contribution in [1.29, 1.82) is 0 Å². The number of aromatic nitrogens is 2. The molecular weight excluding hydrogens is 513 g/mol. The molecule has 2 heterocycles. The van der Waals surface area contributed by atoms with Crippen molar-refractivity contribution in [2.24, 2.45) is 10.9 Å². The fourth-order valence-electron chi connectivity index (χ4n) is 4.39. The monoisotopic (exact) mass is 547 g/mol. The van der Waals surface area contributed by atoms with Gasteiger partial charge in [-0.15, -0.1) is 24.0 Å². The maximum absolute atomic E-state index is 6.16. The molecule has 0 saturated carbocycles. The highest BCUT2D eigenvalue weighted by molar-refractivity contribution is 14.0. The number of imidazole rings is 1. The molecule has 2 aromatic carbocycles. The van der Waals surface area contributed by atoms with E-state index in [1.54, 1.807) is 0 Å². The molecule has 1 aliphatic heterocycles. The van der Waals surface area contributed by atoms with Crippen molar-refractivity contribution < 1.29 is 4.74 Å². The first-order chi connectivity index (χ1) is 15.2. The minimum atomic E-state index is 0. The smallest absolute Gasteiger partial charge is 0.191 e. The number of ether oxygens (including phenoxy) is 1. The summed E-state index contributed by atoms with van der Waals surface area (Å²) in [6.45, 7) is 7.47. The third kappa shape index (κ3) is 5.81. The average molecular weight is 547 g/mol. The SMILES string of the molecule is CN=C(NCCn1c(C)nc2ccccc21)NCC1CCCOC1c1ccc(C)cc1.I. The van der Waals surface area contributed by atoms with Gasteiger partial charge in [0.2, 0.25) is 0 Å². The Kier molecular flexibility index (Phi) is 8.92. The molecular formula is C25H34IN5O. The summed E-state index contributed by atoms with van der Waals surface area (Å²) in [6, 6.07) is 17.0. The van der Waals surface area contributed by atoms with Crippen LogP contribution in [0.2, 0.25) is 0 Å². The molecule has 0 aliphatic carbocycles. The number of fused-ring (bicyclic) bond motifs is 1. The summed E-state index contributed by atoms with van der Waals surface area (Å²) in [5.41, 5.74) is 4.76. The van der Waals surface area contributed by atoms with Gasteiger partial charge >= 0.3 is 0 Å². The molecule has 0 amide bonds. The van der Waals surface area contributed by atoms with Crippen LogP contribution in [0.3, 0.4) is 0 Å². The Hall–Kier alpha value is -2.13. The number of halogens is 1. The van der Waals surface area contributed by atoms with Gasteiger partial charge < -0.3 is 19.9 Å². The summed E-state index contributed by atoms with van der Waals surface area (Å²) in [7, 11) is 1.82. The van der Waals surface area contributed by atoms with E-state index in [9.17, 15) is 0 Å². The lowest BCUT2D eigenvalue weighted by molar-refractivity contribution is -0.0265.